The molecule has 10 heteroatoms. The van der Waals surface area contributed by atoms with Gasteiger partial charge in [-0.25, -0.2) is 4.98 Å². The van der Waals surface area contributed by atoms with Gasteiger partial charge < -0.3 is 24.5 Å². The van der Waals surface area contributed by atoms with E-state index in [-0.39, 0.29) is 18.4 Å². The number of carboxylic acid groups (broad SMARTS) is 1. The Hall–Kier alpha value is -4.57. The maximum atomic E-state index is 12.5. The Labute approximate surface area is 244 Å². The molecule has 5 heterocycles. The number of nitrogens with one attached hydrogen (secondary N) is 1. The van der Waals surface area contributed by atoms with Gasteiger partial charge in [0.15, 0.2) is 0 Å². The number of likely N-dealkylation sites (tertiary alicyclic amines) is 2. The monoisotopic (exact) mass is 569 g/mol. The number of benzene rings is 1. The Bertz CT molecular complexity index is 1560. The number of carbonyl (C=O) groups is 3. The molecule has 3 aromatic heterocycles. The Kier molecular flexibility index (Phi) is 8.92. The van der Waals surface area contributed by atoms with E-state index in [1.165, 1.54) is 6.92 Å². The quantitative estimate of drug-likeness (QED) is 0.275. The number of carboxylic acids is 1. The number of amides is 1. The molecule has 1 aromatic carbocycles. The molecule has 6 rings (SSSR count). The zero-order chi connectivity index (χ0) is 29.6. The fourth-order valence-electron chi connectivity index (χ4n) is 5.33. The van der Waals surface area contributed by atoms with Crippen LogP contribution in [-0.2, 0) is 16.0 Å². The molecule has 0 saturated carbocycles. The number of aliphatic carboxylic acids is 1. The molecule has 1 unspecified atom stereocenters. The standard InChI is InChI=1S/C30H31N5O4.C2H4O/c1-34-11-2-4-27(34)22-16-25-20(14-26(33-25)23-8-5-19(17-31-23)6-10-29(36)37)15-28(22)39-21-7-9-24(32-18-21)30(38)35-12-3-13-35;1-2-3/h5,7-9,14-18,27,33H,2-4,6,10-13H2,1H3,(H,36,37);2H,1H3. The van der Waals surface area contributed by atoms with Crippen LogP contribution in [0.3, 0.4) is 0 Å². The number of aryl methyl sites for hydroxylation is 1. The maximum absolute atomic E-state index is 12.5. The van der Waals surface area contributed by atoms with Crippen molar-refractivity contribution >= 4 is 29.1 Å². The van der Waals surface area contributed by atoms with E-state index in [1.807, 2.05) is 18.2 Å². The zero-order valence-corrected chi connectivity index (χ0v) is 23.9. The van der Waals surface area contributed by atoms with Gasteiger partial charge in [0.1, 0.15) is 23.5 Å². The number of carbonyl (C=O) groups excluding carboxylic acids is 2. The predicted octanol–water partition coefficient (Wildman–Crippen LogP) is 5.25. The second-order valence-electron chi connectivity index (χ2n) is 10.6. The van der Waals surface area contributed by atoms with Crippen molar-refractivity contribution in [3.8, 4) is 22.9 Å². The van der Waals surface area contributed by atoms with Crippen molar-refractivity contribution in [3.05, 3.63) is 71.7 Å². The molecular formula is C32H35N5O5. The van der Waals surface area contributed by atoms with Gasteiger partial charge in [-0.3, -0.25) is 19.5 Å². The fraction of sp³-hybridized carbons (Fsp3) is 0.344. The minimum atomic E-state index is -0.816. The van der Waals surface area contributed by atoms with Crippen molar-refractivity contribution in [2.24, 2.45) is 0 Å². The first kappa shape index (κ1) is 28.9. The summed E-state index contributed by atoms with van der Waals surface area (Å²) in [6.45, 7) is 4.06. The minimum Gasteiger partial charge on any atom is -0.481 e. The number of nitrogens with zero attached hydrogens (tertiary/aromatic N) is 4. The Morgan fingerprint density at radius 1 is 1.07 bits per heavy atom. The summed E-state index contributed by atoms with van der Waals surface area (Å²) in [6, 6.07) is 13.9. The molecule has 0 spiro atoms. The molecule has 2 saturated heterocycles. The largest absolute Gasteiger partial charge is 0.481 e. The van der Waals surface area contributed by atoms with E-state index in [2.05, 4.69) is 45.1 Å². The van der Waals surface area contributed by atoms with E-state index in [1.54, 1.807) is 23.4 Å². The first-order valence-corrected chi connectivity index (χ1v) is 14.2. The number of ether oxygens (including phenoxy) is 1. The van der Waals surface area contributed by atoms with Crippen LogP contribution in [0.4, 0.5) is 0 Å². The van der Waals surface area contributed by atoms with Crippen molar-refractivity contribution in [1.29, 1.82) is 0 Å². The lowest BCUT2D eigenvalue weighted by Gasteiger charge is -2.30. The third-order valence-corrected chi connectivity index (χ3v) is 7.69. The van der Waals surface area contributed by atoms with Crippen LogP contribution in [0, 0.1) is 0 Å². The number of hydrogen-bond donors (Lipinski definition) is 2. The molecule has 2 N–H and O–H groups in total. The number of hydrogen-bond acceptors (Lipinski definition) is 7. The molecule has 42 heavy (non-hydrogen) atoms. The molecule has 2 aliphatic heterocycles. The van der Waals surface area contributed by atoms with Crippen molar-refractivity contribution in [1.82, 2.24) is 24.8 Å². The van der Waals surface area contributed by atoms with E-state index in [0.717, 1.165) is 84.4 Å². The fourth-order valence-corrected chi connectivity index (χ4v) is 5.33. The smallest absolute Gasteiger partial charge is 0.303 e. The maximum Gasteiger partial charge on any atom is 0.303 e. The van der Waals surface area contributed by atoms with Gasteiger partial charge in [-0.15, -0.1) is 0 Å². The molecule has 0 radical (unpaired) electrons. The van der Waals surface area contributed by atoms with Crippen molar-refractivity contribution in [3.63, 3.8) is 0 Å². The Balaban J connectivity index is 0.00000113. The molecular weight excluding hydrogens is 534 g/mol. The molecule has 1 atom stereocenters. The molecule has 218 valence electrons. The van der Waals surface area contributed by atoms with Crippen LogP contribution in [0.1, 0.15) is 60.3 Å². The minimum absolute atomic E-state index is 0.0362. The number of fused-ring (bicyclic) bond motifs is 1. The van der Waals surface area contributed by atoms with Crippen LogP contribution < -0.4 is 4.74 Å². The molecule has 1 amide bonds. The predicted molar refractivity (Wildman–Crippen MR) is 159 cm³/mol. The topological polar surface area (TPSA) is 129 Å². The van der Waals surface area contributed by atoms with Crippen molar-refractivity contribution < 1.29 is 24.2 Å². The SMILES string of the molecule is CC=O.CN1CCCC1c1cc2[nH]c(-c3ccc(CCC(=O)O)cn3)cc2cc1Oc1ccc(C(=O)N2CCC2)nc1. The highest BCUT2D eigenvalue weighted by Crippen LogP contribution is 2.40. The third-order valence-electron chi connectivity index (χ3n) is 7.69. The lowest BCUT2D eigenvalue weighted by Crippen LogP contribution is -2.42. The summed E-state index contributed by atoms with van der Waals surface area (Å²) in [5.41, 5.74) is 5.11. The molecule has 10 nitrogen and oxygen atoms in total. The highest BCUT2D eigenvalue weighted by molar-refractivity contribution is 5.92. The summed E-state index contributed by atoms with van der Waals surface area (Å²) in [5, 5.41) is 9.93. The van der Waals surface area contributed by atoms with Gasteiger partial charge in [-0.2, -0.15) is 0 Å². The Morgan fingerprint density at radius 3 is 2.48 bits per heavy atom. The highest BCUT2D eigenvalue weighted by atomic mass is 16.5. The van der Waals surface area contributed by atoms with Crippen molar-refractivity contribution in [2.45, 2.75) is 45.1 Å². The lowest BCUT2D eigenvalue weighted by atomic mass is 10.0. The van der Waals surface area contributed by atoms with E-state index in [9.17, 15) is 9.59 Å². The second kappa shape index (κ2) is 12.9. The summed E-state index contributed by atoms with van der Waals surface area (Å²) in [6.07, 6.45) is 7.87. The van der Waals surface area contributed by atoms with E-state index < -0.39 is 5.97 Å². The van der Waals surface area contributed by atoms with Gasteiger partial charge in [-0.1, -0.05) is 6.07 Å². The Morgan fingerprint density at radius 2 is 1.88 bits per heavy atom. The number of rotatable bonds is 8. The van der Waals surface area contributed by atoms with Crippen molar-refractivity contribution in [2.75, 3.05) is 26.7 Å². The van der Waals surface area contributed by atoms with Gasteiger partial charge in [0.2, 0.25) is 0 Å². The summed E-state index contributed by atoms with van der Waals surface area (Å²) in [7, 11) is 2.14. The summed E-state index contributed by atoms with van der Waals surface area (Å²) < 4.78 is 6.40. The number of H-pyrrole nitrogens is 1. The first-order valence-electron chi connectivity index (χ1n) is 14.2. The normalized spacial score (nSPS) is 16.4. The van der Waals surface area contributed by atoms with E-state index >= 15 is 0 Å². The van der Waals surface area contributed by atoms with Crippen LogP contribution in [0.2, 0.25) is 0 Å². The summed E-state index contributed by atoms with van der Waals surface area (Å²) in [5.74, 6) is 0.507. The average molecular weight is 570 g/mol. The van der Waals surface area contributed by atoms with Crippen LogP contribution in [0.5, 0.6) is 11.5 Å². The van der Waals surface area contributed by atoms with Crippen LogP contribution >= 0.6 is 0 Å². The van der Waals surface area contributed by atoms with Crippen LogP contribution in [0.15, 0.2) is 54.9 Å². The number of aromatic amines is 1. The molecule has 0 aliphatic carbocycles. The molecule has 0 bridgehead atoms. The summed E-state index contributed by atoms with van der Waals surface area (Å²) >= 11 is 0. The first-order chi connectivity index (χ1) is 20.4. The zero-order valence-electron chi connectivity index (χ0n) is 23.9. The lowest BCUT2D eigenvalue weighted by molar-refractivity contribution is -0.137. The van der Waals surface area contributed by atoms with E-state index in [4.69, 9.17) is 14.6 Å². The van der Waals surface area contributed by atoms with Gasteiger partial charge in [0.25, 0.3) is 5.91 Å². The van der Waals surface area contributed by atoms with E-state index in [0.29, 0.717) is 17.9 Å². The number of pyridine rings is 2. The van der Waals surface area contributed by atoms with Gasteiger partial charge in [-0.05, 0) is 88.2 Å². The molecule has 4 aromatic rings. The average Bonchev–Trinajstić information content (AvgIpc) is 3.57. The molecule has 2 fully saturated rings. The third kappa shape index (κ3) is 6.49. The number of aldehydes is 1. The molecule has 2 aliphatic rings. The van der Waals surface area contributed by atoms with Gasteiger partial charge in [0.05, 0.1) is 17.6 Å². The van der Waals surface area contributed by atoms with Crippen LogP contribution in [0.25, 0.3) is 22.3 Å². The van der Waals surface area contributed by atoms with Gasteiger partial charge in [0, 0.05) is 48.2 Å². The number of aromatic nitrogens is 3. The van der Waals surface area contributed by atoms with Gasteiger partial charge >= 0.3 is 5.97 Å². The van der Waals surface area contributed by atoms with Crippen LogP contribution in [-0.4, -0.2) is 74.7 Å². The highest BCUT2D eigenvalue weighted by Gasteiger charge is 2.27. The second-order valence-corrected chi connectivity index (χ2v) is 10.6. The summed E-state index contributed by atoms with van der Waals surface area (Å²) in [4.78, 5) is 48.8.